The number of carbonyl (C=O) groups is 1. The molecule has 0 radical (unpaired) electrons. The van der Waals surface area contributed by atoms with Gasteiger partial charge in [-0.2, -0.15) is 0 Å². The molecule has 2 rings (SSSR count). The normalized spacial score (nSPS) is 12.1. The maximum Gasteiger partial charge on any atom is 0.241 e. The van der Waals surface area contributed by atoms with Crippen molar-refractivity contribution >= 4 is 17.3 Å². The Hall–Kier alpha value is -2.33. The van der Waals surface area contributed by atoms with Crippen molar-refractivity contribution in [3.8, 4) is 0 Å². The Morgan fingerprint density at radius 3 is 2.36 bits per heavy atom. The van der Waals surface area contributed by atoms with Crippen LogP contribution in [0.3, 0.4) is 0 Å². The fourth-order valence-corrected chi connectivity index (χ4v) is 2.47. The molecule has 0 aromatic heterocycles. The molecule has 0 heterocycles. The van der Waals surface area contributed by atoms with Crippen LogP contribution in [0.5, 0.6) is 0 Å². The molecular formula is C18H23N3O. The minimum Gasteiger partial charge on any atom is -0.399 e. The minimum absolute atomic E-state index is 0.00528. The van der Waals surface area contributed by atoms with Gasteiger partial charge in [-0.25, -0.2) is 0 Å². The van der Waals surface area contributed by atoms with Crippen LogP contribution < -0.4 is 11.1 Å². The molecule has 1 atom stereocenters. The van der Waals surface area contributed by atoms with Crippen molar-refractivity contribution in [1.82, 2.24) is 4.90 Å². The van der Waals surface area contributed by atoms with Crippen molar-refractivity contribution in [1.29, 1.82) is 0 Å². The fourth-order valence-electron chi connectivity index (χ4n) is 2.47. The number of nitrogen functional groups attached to an aromatic ring is 1. The Morgan fingerprint density at radius 2 is 1.77 bits per heavy atom. The standard InChI is InChI=1S/C18H23N3O/c1-3-17(21(2)13-14-7-5-4-6-8-14)18(22)20-16-11-9-15(19)10-12-16/h4-12,17H,3,13,19H2,1-2H3,(H,20,22). The Labute approximate surface area is 131 Å². The Kier molecular flexibility index (Phi) is 5.55. The van der Waals surface area contributed by atoms with Crippen LogP contribution in [-0.4, -0.2) is 23.9 Å². The second-order valence-corrected chi connectivity index (χ2v) is 5.44. The SMILES string of the molecule is CCC(C(=O)Nc1ccc(N)cc1)N(C)Cc1ccccc1. The summed E-state index contributed by atoms with van der Waals surface area (Å²) in [6, 6.07) is 17.2. The predicted molar refractivity (Wildman–Crippen MR) is 91.5 cm³/mol. The first-order valence-corrected chi connectivity index (χ1v) is 7.50. The summed E-state index contributed by atoms with van der Waals surface area (Å²) in [6.07, 6.45) is 0.754. The Balaban J connectivity index is 2.00. The molecule has 116 valence electrons. The monoisotopic (exact) mass is 297 g/mol. The summed E-state index contributed by atoms with van der Waals surface area (Å²) < 4.78 is 0. The molecule has 0 aliphatic rings. The van der Waals surface area contributed by atoms with Crippen molar-refractivity contribution < 1.29 is 4.79 Å². The fraction of sp³-hybridized carbons (Fsp3) is 0.278. The Morgan fingerprint density at radius 1 is 1.14 bits per heavy atom. The number of nitrogens with zero attached hydrogens (tertiary/aromatic N) is 1. The number of nitrogens with two attached hydrogens (primary N) is 1. The number of hydrogen-bond acceptors (Lipinski definition) is 3. The zero-order valence-electron chi connectivity index (χ0n) is 13.1. The molecule has 2 aromatic rings. The average molecular weight is 297 g/mol. The second-order valence-electron chi connectivity index (χ2n) is 5.44. The van der Waals surface area contributed by atoms with Crippen LogP contribution >= 0.6 is 0 Å². The van der Waals surface area contributed by atoms with Crippen molar-refractivity contribution in [2.24, 2.45) is 0 Å². The number of anilines is 2. The molecule has 0 saturated carbocycles. The summed E-state index contributed by atoms with van der Waals surface area (Å²) in [4.78, 5) is 14.5. The van der Waals surface area contributed by atoms with Gasteiger partial charge in [-0.3, -0.25) is 9.69 Å². The molecular weight excluding hydrogens is 274 g/mol. The van der Waals surface area contributed by atoms with Gasteiger partial charge >= 0.3 is 0 Å². The van der Waals surface area contributed by atoms with E-state index in [-0.39, 0.29) is 11.9 Å². The lowest BCUT2D eigenvalue weighted by atomic mass is 10.1. The Bertz CT molecular complexity index is 595. The summed E-state index contributed by atoms with van der Waals surface area (Å²) in [7, 11) is 1.98. The van der Waals surface area contributed by atoms with Gasteiger partial charge in [-0.15, -0.1) is 0 Å². The van der Waals surface area contributed by atoms with Gasteiger partial charge in [0.2, 0.25) is 5.91 Å². The van der Waals surface area contributed by atoms with E-state index < -0.39 is 0 Å². The van der Waals surface area contributed by atoms with E-state index in [0.717, 1.165) is 18.7 Å². The third-order valence-corrected chi connectivity index (χ3v) is 3.67. The lowest BCUT2D eigenvalue weighted by Gasteiger charge is -2.26. The first kappa shape index (κ1) is 16.0. The molecule has 3 N–H and O–H groups in total. The van der Waals surface area contributed by atoms with E-state index in [2.05, 4.69) is 22.3 Å². The first-order chi connectivity index (χ1) is 10.6. The molecule has 2 aromatic carbocycles. The van der Waals surface area contributed by atoms with E-state index in [0.29, 0.717) is 5.69 Å². The van der Waals surface area contributed by atoms with Gasteiger partial charge in [0.1, 0.15) is 0 Å². The second kappa shape index (κ2) is 7.61. The van der Waals surface area contributed by atoms with Crippen LogP contribution in [0.4, 0.5) is 11.4 Å². The maximum atomic E-state index is 12.5. The molecule has 4 heteroatoms. The summed E-state index contributed by atoms with van der Waals surface area (Å²) >= 11 is 0. The van der Waals surface area contributed by atoms with Gasteiger partial charge in [-0.1, -0.05) is 37.3 Å². The van der Waals surface area contributed by atoms with E-state index in [9.17, 15) is 4.79 Å². The van der Waals surface area contributed by atoms with Crippen LogP contribution in [0, 0.1) is 0 Å². The van der Waals surface area contributed by atoms with Crippen LogP contribution in [0.25, 0.3) is 0 Å². The highest BCUT2D eigenvalue weighted by molar-refractivity contribution is 5.94. The molecule has 22 heavy (non-hydrogen) atoms. The topological polar surface area (TPSA) is 58.4 Å². The number of hydrogen-bond donors (Lipinski definition) is 2. The van der Waals surface area contributed by atoms with Crippen LogP contribution in [0.1, 0.15) is 18.9 Å². The molecule has 0 spiro atoms. The van der Waals surface area contributed by atoms with E-state index >= 15 is 0 Å². The van der Waals surface area contributed by atoms with Crippen LogP contribution in [0.2, 0.25) is 0 Å². The molecule has 0 saturated heterocycles. The van der Waals surface area contributed by atoms with E-state index in [1.807, 2.05) is 44.3 Å². The molecule has 1 unspecified atom stereocenters. The number of nitrogens with one attached hydrogen (secondary N) is 1. The van der Waals surface area contributed by atoms with Crippen molar-refractivity contribution in [3.05, 3.63) is 60.2 Å². The molecule has 0 bridgehead atoms. The molecule has 0 fully saturated rings. The third-order valence-electron chi connectivity index (χ3n) is 3.67. The average Bonchev–Trinajstić information content (AvgIpc) is 2.51. The van der Waals surface area contributed by atoms with Gasteiger partial charge in [0, 0.05) is 17.9 Å². The summed E-state index contributed by atoms with van der Waals surface area (Å²) in [5.41, 5.74) is 8.31. The van der Waals surface area contributed by atoms with Crippen LogP contribution in [-0.2, 0) is 11.3 Å². The number of benzene rings is 2. The van der Waals surface area contributed by atoms with Gasteiger partial charge in [0.05, 0.1) is 6.04 Å². The number of rotatable bonds is 6. The maximum absolute atomic E-state index is 12.5. The van der Waals surface area contributed by atoms with Crippen LogP contribution in [0.15, 0.2) is 54.6 Å². The van der Waals surface area contributed by atoms with E-state index in [1.165, 1.54) is 5.56 Å². The molecule has 4 nitrogen and oxygen atoms in total. The summed E-state index contributed by atoms with van der Waals surface area (Å²) in [5.74, 6) is 0.00528. The smallest absolute Gasteiger partial charge is 0.241 e. The highest BCUT2D eigenvalue weighted by Crippen LogP contribution is 2.14. The highest BCUT2D eigenvalue weighted by Gasteiger charge is 2.21. The quantitative estimate of drug-likeness (QED) is 0.805. The van der Waals surface area contributed by atoms with Crippen molar-refractivity contribution in [3.63, 3.8) is 0 Å². The number of amides is 1. The van der Waals surface area contributed by atoms with Gasteiger partial charge in [0.15, 0.2) is 0 Å². The molecule has 1 amide bonds. The third kappa shape index (κ3) is 4.33. The van der Waals surface area contributed by atoms with Crippen molar-refractivity contribution in [2.45, 2.75) is 25.9 Å². The van der Waals surface area contributed by atoms with E-state index in [1.54, 1.807) is 12.1 Å². The highest BCUT2D eigenvalue weighted by atomic mass is 16.2. The van der Waals surface area contributed by atoms with E-state index in [4.69, 9.17) is 5.73 Å². The minimum atomic E-state index is -0.169. The van der Waals surface area contributed by atoms with Crippen molar-refractivity contribution in [2.75, 3.05) is 18.1 Å². The lowest BCUT2D eigenvalue weighted by molar-refractivity contribution is -0.121. The summed E-state index contributed by atoms with van der Waals surface area (Å²) in [5, 5.41) is 2.95. The largest absolute Gasteiger partial charge is 0.399 e. The predicted octanol–water partition coefficient (Wildman–Crippen LogP) is 3.12. The molecule has 0 aliphatic carbocycles. The number of likely N-dealkylation sites (N-methyl/N-ethyl adjacent to an activating group) is 1. The first-order valence-electron chi connectivity index (χ1n) is 7.50. The zero-order valence-corrected chi connectivity index (χ0v) is 13.1. The molecule has 0 aliphatic heterocycles. The van der Waals surface area contributed by atoms with Gasteiger partial charge in [0.25, 0.3) is 0 Å². The zero-order chi connectivity index (χ0) is 15.9. The summed E-state index contributed by atoms with van der Waals surface area (Å²) in [6.45, 7) is 2.77. The number of carbonyl (C=O) groups excluding carboxylic acids is 1. The lowest BCUT2D eigenvalue weighted by Crippen LogP contribution is -2.41. The van der Waals surface area contributed by atoms with Gasteiger partial charge < -0.3 is 11.1 Å². The van der Waals surface area contributed by atoms with Gasteiger partial charge in [-0.05, 0) is 43.3 Å².